The van der Waals surface area contributed by atoms with Crippen LogP contribution in [0.2, 0.25) is 0 Å². The number of nitrogens with zero attached hydrogens (tertiary/aromatic N) is 3. The van der Waals surface area contributed by atoms with Gasteiger partial charge in [-0.05, 0) is 45.8 Å². The summed E-state index contributed by atoms with van der Waals surface area (Å²) in [5, 5.41) is 6.68. The van der Waals surface area contributed by atoms with Crippen LogP contribution in [0.15, 0.2) is 4.99 Å². The average molecular weight is 455 g/mol. The molecule has 24 heavy (non-hydrogen) atoms. The number of carbonyl (C=O) groups is 1. The lowest BCUT2D eigenvalue weighted by atomic mass is 10.2. The van der Waals surface area contributed by atoms with E-state index in [1.54, 1.807) is 19.0 Å². The third-order valence-corrected chi connectivity index (χ3v) is 3.80. The highest BCUT2D eigenvalue weighted by Gasteiger charge is 2.08. The summed E-state index contributed by atoms with van der Waals surface area (Å²) < 4.78 is 0. The molecule has 7 heteroatoms. The van der Waals surface area contributed by atoms with Gasteiger partial charge in [0.05, 0.1) is 0 Å². The van der Waals surface area contributed by atoms with Gasteiger partial charge in [0.25, 0.3) is 0 Å². The van der Waals surface area contributed by atoms with Gasteiger partial charge in [-0.15, -0.1) is 24.0 Å². The van der Waals surface area contributed by atoms with Crippen molar-refractivity contribution in [1.82, 2.24) is 20.4 Å². The molecule has 1 unspecified atom stereocenters. The SMILES string of the molecule is CCCNC(=NCC(=O)N(C)C)NC(C)CCCN(CC)CC.I. The van der Waals surface area contributed by atoms with Crippen LogP contribution in [0.4, 0.5) is 0 Å². The van der Waals surface area contributed by atoms with Crippen LogP contribution in [0.3, 0.4) is 0 Å². The van der Waals surface area contributed by atoms with Crippen LogP contribution in [0.1, 0.15) is 47.0 Å². The first-order chi connectivity index (χ1) is 10.9. The summed E-state index contributed by atoms with van der Waals surface area (Å²) in [4.78, 5) is 20.1. The molecule has 0 saturated carbocycles. The second-order valence-electron chi connectivity index (χ2n) is 6.09. The predicted molar refractivity (Wildman–Crippen MR) is 114 cm³/mol. The standard InChI is InChI=1S/C17H37N5O.HI/c1-7-12-18-17(19-14-16(23)21(5)6)20-15(4)11-10-13-22(8-2)9-3;/h15H,7-14H2,1-6H3,(H2,18,19,20);1H. The highest BCUT2D eigenvalue weighted by molar-refractivity contribution is 14.0. The Morgan fingerprint density at radius 2 is 1.79 bits per heavy atom. The molecule has 144 valence electrons. The number of hydrogen-bond acceptors (Lipinski definition) is 3. The third-order valence-electron chi connectivity index (χ3n) is 3.80. The molecule has 1 amide bonds. The Balaban J connectivity index is 0. The van der Waals surface area contributed by atoms with Gasteiger partial charge in [-0.25, -0.2) is 4.99 Å². The minimum absolute atomic E-state index is 0. The Hall–Kier alpha value is -0.570. The Morgan fingerprint density at radius 1 is 1.17 bits per heavy atom. The van der Waals surface area contributed by atoms with Crippen LogP contribution in [0.25, 0.3) is 0 Å². The van der Waals surface area contributed by atoms with Gasteiger partial charge in [0.1, 0.15) is 6.54 Å². The summed E-state index contributed by atoms with van der Waals surface area (Å²) in [7, 11) is 3.50. The number of nitrogens with one attached hydrogen (secondary N) is 2. The number of halogens is 1. The smallest absolute Gasteiger partial charge is 0.243 e. The molecule has 2 N–H and O–H groups in total. The van der Waals surface area contributed by atoms with Gasteiger partial charge < -0.3 is 20.4 Å². The third kappa shape index (κ3) is 12.8. The van der Waals surface area contributed by atoms with E-state index in [0.717, 1.165) is 51.4 Å². The van der Waals surface area contributed by atoms with E-state index in [4.69, 9.17) is 0 Å². The largest absolute Gasteiger partial charge is 0.356 e. The van der Waals surface area contributed by atoms with Crippen molar-refractivity contribution in [2.45, 2.75) is 53.0 Å². The number of likely N-dealkylation sites (N-methyl/N-ethyl adjacent to an activating group) is 1. The Morgan fingerprint density at radius 3 is 2.29 bits per heavy atom. The second kappa shape index (κ2) is 15.9. The maximum Gasteiger partial charge on any atom is 0.243 e. The lowest BCUT2D eigenvalue weighted by Gasteiger charge is -2.21. The van der Waals surface area contributed by atoms with Gasteiger partial charge in [-0.2, -0.15) is 0 Å². The number of carbonyl (C=O) groups excluding carboxylic acids is 1. The predicted octanol–water partition coefficient (Wildman–Crippen LogP) is 2.15. The van der Waals surface area contributed by atoms with E-state index >= 15 is 0 Å². The van der Waals surface area contributed by atoms with E-state index in [0.29, 0.717) is 6.04 Å². The van der Waals surface area contributed by atoms with Crippen molar-refractivity contribution in [2.24, 2.45) is 4.99 Å². The van der Waals surface area contributed by atoms with Crippen molar-refractivity contribution in [3.05, 3.63) is 0 Å². The Kier molecular flexibility index (Phi) is 17.0. The van der Waals surface area contributed by atoms with Gasteiger partial charge in [-0.1, -0.05) is 20.8 Å². The van der Waals surface area contributed by atoms with Crippen LogP contribution in [-0.2, 0) is 4.79 Å². The summed E-state index contributed by atoms with van der Waals surface area (Å²) in [6, 6.07) is 0.336. The van der Waals surface area contributed by atoms with E-state index in [-0.39, 0.29) is 36.4 Å². The normalized spacial score (nSPS) is 12.5. The highest BCUT2D eigenvalue weighted by Crippen LogP contribution is 1.99. The molecule has 6 nitrogen and oxygen atoms in total. The second-order valence-corrected chi connectivity index (χ2v) is 6.09. The van der Waals surface area contributed by atoms with Crippen molar-refractivity contribution in [1.29, 1.82) is 0 Å². The molecule has 1 atom stereocenters. The first-order valence-electron chi connectivity index (χ1n) is 8.91. The molecule has 0 saturated heterocycles. The molecule has 0 aromatic carbocycles. The first-order valence-corrected chi connectivity index (χ1v) is 8.91. The zero-order valence-electron chi connectivity index (χ0n) is 16.4. The van der Waals surface area contributed by atoms with Crippen LogP contribution in [-0.4, -0.2) is 74.5 Å². The lowest BCUT2D eigenvalue weighted by molar-refractivity contribution is -0.127. The molecule has 0 fully saturated rings. The number of aliphatic imine (C=N–C) groups is 1. The molecule has 0 radical (unpaired) electrons. The van der Waals surface area contributed by atoms with Gasteiger partial charge in [0.15, 0.2) is 5.96 Å². The quantitative estimate of drug-likeness (QED) is 0.285. The first kappa shape index (κ1) is 25.7. The minimum atomic E-state index is 0. The molecular formula is C17H38IN5O. The molecule has 0 heterocycles. The molecular weight excluding hydrogens is 417 g/mol. The fourth-order valence-electron chi connectivity index (χ4n) is 2.15. The molecule has 0 spiro atoms. The van der Waals surface area contributed by atoms with Crippen LogP contribution in [0.5, 0.6) is 0 Å². The van der Waals surface area contributed by atoms with Gasteiger partial charge in [0.2, 0.25) is 5.91 Å². The number of guanidine groups is 1. The van der Waals surface area contributed by atoms with E-state index in [1.165, 1.54) is 0 Å². The van der Waals surface area contributed by atoms with Gasteiger partial charge in [0, 0.05) is 26.7 Å². The molecule has 0 aliphatic heterocycles. The molecule has 0 rings (SSSR count). The van der Waals surface area contributed by atoms with E-state index < -0.39 is 0 Å². The van der Waals surface area contributed by atoms with Crippen LogP contribution in [0, 0.1) is 0 Å². The highest BCUT2D eigenvalue weighted by atomic mass is 127. The molecule has 0 bridgehead atoms. The molecule has 0 aromatic heterocycles. The summed E-state index contributed by atoms with van der Waals surface area (Å²) in [5.41, 5.74) is 0. The summed E-state index contributed by atoms with van der Waals surface area (Å²) in [5.74, 6) is 0.745. The maximum absolute atomic E-state index is 11.7. The van der Waals surface area contributed by atoms with Crippen molar-refractivity contribution < 1.29 is 4.79 Å². The number of amides is 1. The fraction of sp³-hybridized carbons (Fsp3) is 0.882. The molecule has 0 aromatic rings. The van der Waals surface area contributed by atoms with Crippen LogP contribution >= 0.6 is 24.0 Å². The van der Waals surface area contributed by atoms with Crippen molar-refractivity contribution in [3.63, 3.8) is 0 Å². The monoisotopic (exact) mass is 455 g/mol. The maximum atomic E-state index is 11.7. The Labute approximate surface area is 165 Å². The van der Waals surface area contributed by atoms with Gasteiger partial charge >= 0.3 is 0 Å². The minimum Gasteiger partial charge on any atom is -0.356 e. The van der Waals surface area contributed by atoms with Crippen molar-refractivity contribution in [3.8, 4) is 0 Å². The lowest BCUT2D eigenvalue weighted by Crippen LogP contribution is -2.43. The summed E-state index contributed by atoms with van der Waals surface area (Å²) >= 11 is 0. The zero-order valence-corrected chi connectivity index (χ0v) is 18.7. The van der Waals surface area contributed by atoms with Crippen molar-refractivity contribution in [2.75, 3.05) is 46.8 Å². The van der Waals surface area contributed by atoms with Crippen LogP contribution < -0.4 is 10.6 Å². The van der Waals surface area contributed by atoms with E-state index in [9.17, 15) is 4.79 Å². The Bertz CT molecular complexity index is 346. The van der Waals surface area contributed by atoms with E-state index in [2.05, 4.69) is 48.2 Å². The zero-order chi connectivity index (χ0) is 17.7. The van der Waals surface area contributed by atoms with Gasteiger partial charge in [-0.3, -0.25) is 4.79 Å². The molecule has 0 aliphatic rings. The topological polar surface area (TPSA) is 60.0 Å². The summed E-state index contributed by atoms with van der Waals surface area (Å²) in [6.07, 6.45) is 3.27. The van der Waals surface area contributed by atoms with Crippen molar-refractivity contribution >= 4 is 35.8 Å². The fourth-order valence-corrected chi connectivity index (χ4v) is 2.15. The van der Waals surface area contributed by atoms with E-state index in [1.807, 2.05) is 0 Å². The average Bonchev–Trinajstić information content (AvgIpc) is 2.53. The molecule has 0 aliphatic carbocycles. The number of rotatable bonds is 11. The summed E-state index contributed by atoms with van der Waals surface area (Å²) in [6.45, 7) is 13.1. The number of hydrogen-bond donors (Lipinski definition) is 2.